The highest BCUT2D eigenvalue weighted by atomic mass is 32.1. The lowest BCUT2D eigenvalue weighted by Gasteiger charge is -2.04. The van der Waals surface area contributed by atoms with Gasteiger partial charge in [-0.2, -0.15) is 0 Å². The molecule has 122 valence electrons. The molecule has 2 aromatic heterocycles. The zero-order chi connectivity index (χ0) is 17.2. The van der Waals surface area contributed by atoms with E-state index in [0.717, 1.165) is 10.1 Å². The molecule has 0 aliphatic heterocycles. The van der Waals surface area contributed by atoms with Gasteiger partial charge in [0.1, 0.15) is 5.75 Å². The van der Waals surface area contributed by atoms with E-state index in [0.29, 0.717) is 22.0 Å². The second kappa shape index (κ2) is 6.33. The molecule has 0 unspecified atom stereocenters. The Kier molecular flexibility index (Phi) is 3.87. The van der Waals surface area contributed by atoms with Crippen molar-refractivity contribution in [2.45, 2.75) is 0 Å². The number of aromatic nitrogens is 2. The van der Waals surface area contributed by atoms with E-state index in [9.17, 15) is 9.90 Å². The minimum atomic E-state index is -0.185. The maximum Gasteiger partial charge on any atom is 0.265 e. The van der Waals surface area contributed by atoms with Crippen LogP contribution in [0.25, 0.3) is 21.5 Å². The van der Waals surface area contributed by atoms with Crippen molar-refractivity contribution in [3.05, 3.63) is 71.9 Å². The van der Waals surface area contributed by atoms with E-state index in [-0.39, 0.29) is 11.7 Å². The average Bonchev–Trinajstić information content (AvgIpc) is 3.07. The first-order valence-electron chi connectivity index (χ1n) is 7.60. The summed E-state index contributed by atoms with van der Waals surface area (Å²) in [7, 11) is 0. The number of aromatic hydroxyl groups is 1. The Morgan fingerprint density at radius 3 is 2.56 bits per heavy atom. The highest BCUT2D eigenvalue weighted by Gasteiger charge is 2.11. The molecule has 6 heteroatoms. The summed E-state index contributed by atoms with van der Waals surface area (Å²) in [5, 5.41) is 13.4. The topological polar surface area (TPSA) is 75.1 Å². The molecule has 2 aromatic carbocycles. The lowest BCUT2D eigenvalue weighted by atomic mass is 10.2. The third kappa shape index (κ3) is 3.20. The maximum atomic E-state index is 12.4. The maximum absolute atomic E-state index is 12.4. The van der Waals surface area contributed by atoms with Gasteiger partial charge < -0.3 is 10.4 Å². The summed E-state index contributed by atoms with van der Waals surface area (Å²) < 4.78 is 1.07. The quantitative estimate of drug-likeness (QED) is 0.579. The fraction of sp³-hybridized carbons (Fsp3) is 0. The summed E-state index contributed by atoms with van der Waals surface area (Å²) in [4.78, 5) is 21.5. The largest absolute Gasteiger partial charge is 0.508 e. The Labute approximate surface area is 147 Å². The number of phenols is 1. The molecule has 0 atom stereocenters. The first-order valence-corrected chi connectivity index (χ1v) is 8.42. The molecular formula is C19H13N3O2S. The number of nitrogens with zero attached hydrogens (tertiary/aromatic N) is 2. The summed E-state index contributed by atoms with van der Waals surface area (Å²) >= 11 is 1.45. The van der Waals surface area contributed by atoms with Gasteiger partial charge >= 0.3 is 0 Å². The Morgan fingerprint density at radius 2 is 1.80 bits per heavy atom. The van der Waals surface area contributed by atoms with Crippen LogP contribution in [0.4, 0.5) is 5.69 Å². The SMILES string of the molecule is O=C(Nc1cnc(-c2cccc(O)c2)nc1)c1cc2ccccc2s1. The van der Waals surface area contributed by atoms with Crippen LogP contribution in [-0.2, 0) is 0 Å². The van der Waals surface area contributed by atoms with E-state index >= 15 is 0 Å². The number of phenolic OH excluding ortho intramolecular Hbond substituents is 1. The molecule has 0 aliphatic carbocycles. The summed E-state index contributed by atoms with van der Waals surface area (Å²) in [6, 6.07) is 16.5. The molecule has 1 amide bonds. The molecule has 0 spiro atoms. The van der Waals surface area contributed by atoms with Crippen molar-refractivity contribution in [2.24, 2.45) is 0 Å². The molecule has 0 saturated heterocycles. The number of carbonyl (C=O) groups excluding carboxylic acids is 1. The fourth-order valence-corrected chi connectivity index (χ4v) is 3.43. The summed E-state index contributed by atoms with van der Waals surface area (Å²) in [6.07, 6.45) is 3.11. The minimum absolute atomic E-state index is 0.156. The van der Waals surface area contributed by atoms with E-state index in [2.05, 4.69) is 15.3 Å². The number of hydrogen-bond acceptors (Lipinski definition) is 5. The van der Waals surface area contributed by atoms with Gasteiger partial charge in [0.15, 0.2) is 5.82 Å². The van der Waals surface area contributed by atoms with Gasteiger partial charge in [0.05, 0.1) is 23.0 Å². The second-order valence-electron chi connectivity index (χ2n) is 5.45. The van der Waals surface area contributed by atoms with Crippen LogP contribution in [0.3, 0.4) is 0 Å². The summed E-state index contributed by atoms with van der Waals surface area (Å²) in [6.45, 7) is 0. The van der Waals surface area contributed by atoms with Crippen molar-refractivity contribution in [3.63, 3.8) is 0 Å². The zero-order valence-electron chi connectivity index (χ0n) is 13.0. The predicted molar refractivity (Wildman–Crippen MR) is 98.9 cm³/mol. The van der Waals surface area contributed by atoms with Crippen LogP contribution in [0.15, 0.2) is 67.0 Å². The Hall–Kier alpha value is -3.25. The first-order chi connectivity index (χ1) is 12.2. The summed E-state index contributed by atoms with van der Waals surface area (Å²) in [5.41, 5.74) is 1.23. The molecule has 0 fully saturated rings. The van der Waals surface area contributed by atoms with Crippen LogP contribution in [0.1, 0.15) is 9.67 Å². The molecular weight excluding hydrogens is 334 g/mol. The number of amides is 1. The van der Waals surface area contributed by atoms with E-state index in [1.165, 1.54) is 11.3 Å². The molecule has 4 aromatic rings. The second-order valence-corrected chi connectivity index (χ2v) is 6.53. The van der Waals surface area contributed by atoms with E-state index in [1.807, 2.05) is 36.4 Å². The number of hydrogen-bond donors (Lipinski definition) is 2. The Bertz CT molecular complexity index is 1020. The normalized spacial score (nSPS) is 10.7. The minimum Gasteiger partial charge on any atom is -0.508 e. The van der Waals surface area contributed by atoms with Gasteiger partial charge in [0, 0.05) is 10.3 Å². The molecule has 2 N–H and O–H groups in total. The van der Waals surface area contributed by atoms with Gasteiger partial charge in [-0.15, -0.1) is 11.3 Å². The molecule has 0 bridgehead atoms. The molecule has 25 heavy (non-hydrogen) atoms. The van der Waals surface area contributed by atoms with Crippen LogP contribution in [0, 0.1) is 0 Å². The number of thiophene rings is 1. The van der Waals surface area contributed by atoms with Gasteiger partial charge in [0.25, 0.3) is 5.91 Å². The van der Waals surface area contributed by atoms with Gasteiger partial charge in [-0.05, 0) is 29.7 Å². The number of benzene rings is 2. The van der Waals surface area contributed by atoms with E-state index in [1.54, 1.807) is 30.6 Å². The van der Waals surface area contributed by atoms with Crippen LogP contribution < -0.4 is 5.32 Å². The molecule has 0 saturated carbocycles. The number of anilines is 1. The van der Waals surface area contributed by atoms with Crippen molar-refractivity contribution >= 4 is 33.0 Å². The summed E-state index contributed by atoms with van der Waals surface area (Å²) in [5.74, 6) is 0.453. The molecule has 2 heterocycles. The molecule has 0 aliphatic rings. The third-order valence-electron chi connectivity index (χ3n) is 3.66. The lowest BCUT2D eigenvalue weighted by Crippen LogP contribution is -2.10. The average molecular weight is 347 g/mol. The van der Waals surface area contributed by atoms with Gasteiger partial charge in [0.2, 0.25) is 0 Å². The zero-order valence-corrected chi connectivity index (χ0v) is 13.8. The molecule has 0 radical (unpaired) electrons. The predicted octanol–water partition coefficient (Wildman–Crippen LogP) is 4.32. The standard InChI is InChI=1S/C19H13N3O2S/c23-15-6-3-5-13(8-15)18-20-10-14(11-21-18)22-19(24)17-9-12-4-1-2-7-16(12)25-17/h1-11,23H,(H,22,24). The number of nitrogens with one attached hydrogen (secondary N) is 1. The van der Waals surface area contributed by atoms with Crippen LogP contribution in [0.2, 0.25) is 0 Å². The van der Waals surface area contributed by atoms with Gasteiger partial charge in [-0.3, -0.25) is 4.79 Å². The Morgan fingerprint density at radius 1 is 1.00 bits per heavy atom. The van der Waals surface area contributed by atoms with Crippen molar-refractivity contribution in [3.8, 4) is 17.1 Å². The van der Waals surface area contributed by atoms with Gasteiger partial charge in [-0.25, -0.2) is 9.97 Å². The highest BCUT2D eigenvalue weighted by Crippen LogP contribution is 2.26. The molecule has 4 rings (SSSR count). The number of fused-ring (bicyclic) bond motifs is 1. The van der Waals surface area contributed by atoms with E-state index in [4.69, 9.17) is 0 Å². The van der Waals surface area contributed by atoms with Crippen LogP contribution in [0.5, 0.6) is 5.75 Å². The van der Waals surface area contributed by atoms with Crippen molar-refractivity contribution in [1.82, 2.24) is 9.97 Å². The monoisotopic (exact) mass is 347 g/mol. The van der Waals surface area contributed by atoms with Crippen molar-refractivity contribution < 1.29 is 9.90 Å². The van der Waals surface area contributed by atoms with Gasteiger partial charge in [-0.1, -0.05) is 30.3 Å². The van der Waals surface area contributed by atoms with Crippen LogP contribution in [-0.4, -0.2) is 21.0 Å². The highest BCUT2D eigenvalue weighted by molar-refractivity contribution is 7.20. The van der Waals surface area contributed by atoms with Crippen LogP contribution >= 0.6 is 11.3 Å². The first kappa shape index (κ1) is 15.3. The van der Waals surface area contributed by atoms with Crippen molar-refractivity contribution in [2.75, 3.05) is 5.32 Å². The molecule has 5 nitrogen and oxygen atoms in total. The number of carbonyl (C=O) groups is 1. The third-order valence-corrected chi connectivity index (χ3v) is 4.78. The van der Waals surface area contributed by atoms with Crippen molar-refractivity contribution in [1.29, 1.82) is 0 Å². The smallest absolute Gasteiger partial charge is 0.265 e. The van der Waals surface area contributed by atoms with E-state index < -0.39 is 0 Å². The fourth-order valence-electron chi connectivity index (χ4n) is 2.47. The number of rotatable bonds is 3. The lowest BCUT2D eigenvalue weighted by molar-refractivity contribution is 0.103. The Balaban J connectivity index is 1.53.